The predicted octanol–water partition coefficient (Wildman–Crippen LogP) is 2.55. The van der Waals surface area contributed by atoms with Crippen LogP contribution in [0, 0.1) is 0 Å². The van der Waals surface area contributed by atoms with E-state index in [9.17, 15) is 0 Å². The molecule has 0 fully saturated rings. The van der Waals surface area contributed by atoms with Crippen LogP contribution in [0.15, 0.2) is 24.3 Å². The van der Waals surface area contributed by atoms with E-state index in [4.69, 9.17) is 16.3 Å². The molecule has 0 aliphatic heterocycles. The van der Waals surface area contributed by atoms with Gasteiger partial charge in [-0.2, -0.15) is 0 Å². The van der Waals surface area contributed by atoms with Crippen molar-refractivity contribution < 1.29 is 4.74 Å². The van der Waals surface area contributed by atoms with Crippen LogP contribution in [0.25, 0.3) is 0 Å². The molecule has 0 saturated heterocycles. The number of hydrogen-bond acceptors (Lipinski definition) is 2. The number of nitrogens with zero attached hydrogens (tertiary/aromatic N) is 1. The maximum absolute atomic E-state index is 5.78. The SMILES string of the molecule is COC(c1ccc(Cl)cc1)N(C)C. The minimum atomic E-state index is -0.00253. The minimum absolute atomic E-state index is 0.00253. The minimum Gasteiger partial charge on any atom is -0.362 e. The van der Waals surface area contributed by atoms with Crippen LogP contribution in [0.3, 0.4) is 0 Å². The Morgan fingerprint density at radius 1 is 1.23 bits per heavy atom. The molecule has 1 unspecified atom stereocenters. The molecule has 13 heavy (non-hydrogen) atoms. The second kappa shape index (κ2) is 4.61. The first-order valence-electron chi connectivity index (χ1n) is 4.10. The molecule has 0 heterocycles. The molecule has 1 aromatic carbocycles. The van der Waals surface area contributed by atoms with E-state index >= 15 is 0 Å². The molecule has 0 bridgehead atoms. The smallest absolute Gasteiger partial charge is 0.135 e. The van der Waals surface area contributed by atoms with Crippen molar-refractivity contribution >= 4 is 11.6 Å². The monoisotopic (exact) mass is 199 g/mol. The van der Waals surface area contributed by atoms with Crippen LogP contribution in [-0.4, -0.2) is 26.1 Å². The molecule has 1 atom stereocenters. The van der Waals surface area contributed by atoms with Crippen LogP contribution >= 0.6 is 11.6 Å². The lowest BCUT2D eigenvalue weighted by atomic mass is 10.2. The van der Waals surface area contributed by atoms with E-state index in [1.165, 1.54) is 0 Å². The van der Waals surface area contributed by atoms with Gasteiger partial charge in [0.1, 0.15) is 6.23 Å². The topological polar surface area (TPSA) is 12.5 Å². The number of methoxy groups -OCH3 is 1. The Balaban J connectivity index is 2.86. The zero-order valence-electron chi connectivity index (χ0n) is 8.12. The summed E-state index contributed by atoms with van der Waals surface area (Å²) in [7, 11) is 5.64. The van der Waals surface area contributed by atoms with E-state index in [0.717, 1.165) is 10.6 Å². The first-order chi connectivity index (χ1) is 6.15. The lowest BCUT2D eigenvalue weighted by Gasteiger charge is -2.22. The fourth-order valence-electron chi connectivity index (χ4n) is 1.27. The number of ether oxygens (including phenoxy) is 1. The molecule has 1 aromatic rings. The van der Waals surface area contributed by atoms with Crippen molar-refractivity contribution in [2.24, 2.45) is 0 Å². The van der Waals surface area contributed by atoms with E-state index in [1.807, 2.05) is 43.3 Å². The van der Waals surface area contributed by atoms with Crippen molar-refractivity contribution in [1.82, 2.24) is 4.90 Å². The molecule has 3 heteroatoms. The first-order valence-corrected chi connectivity index (χ1v) is 4.47. The lowest BCUT2D eigenvalue weighted by molar-refractivity contribution is -0.00539. The summed E-state index contributed by atoms with van der Waals surface area (Å²) in [5, 5.41) is 0.748. The second-order valence-corrected chi connectivity index (χ2v) is 3.54. The Morgan fingerprint density at radius 3 is 2.15 bits per heavy atom. The Hall–Kier alpha value is -0.570. The third-order valence-electron chi connectivity index (χ3n) is 1.85. The highest BCUT2D eigenvalue weighted by atomic mass is 35.5. The van der Waals surface area contributed by atoms with E-state index in [-0.39, 0.29) is 6.23 Å². The summed E-state index contributed by atoms with van der Waals surface area (Å²) in [6.07, 6.45) is -0.00253. The van der Waals surface area contributed by atoms with Gasteiger partial charge in [0.15, 0.2) is 0 Å². The molecular formula is C10H14ClNO. The van der Waals surface area contributed by atoms with Crippen LogP contribution in [0.2, 0.25) is 5.02 Å². The van der Waals surface area contributed by atoms with Gasteiger partial charge in [-0.15, -0.1) is 0 Å². The van der Waals surface area contributed by atoms with Gasteiger partial charge in [0.25, 0.3) is 0 Å². The van der Waals surface area contributed by atoms with Crippen LogP contribution in [-0.2, 0) is 4.74 Å². The standard InChI is InChI=1S/C10H14ClNO/c1-12(2)10(13-3)8-4-6-9(11)7-5-8/h4-7,10H,1-3H3. The number of halogens is 1. The van der Waals surface area contributed by atoms with Gasteiger partial charge in [-0.25, -0.2) is 0 Å². The Morgan fingerprint density at radius 2 is 1.77 bits per heavy atom. The molecule has 2 nitrogen and oxygen atoms in total. The fraction of sp³-hybridized carbons (Fsp3) is 0.400. The van der Waals surface area contributed by atoms with Crippen LogP contribution < -0.4 is 0 Å². The summed E-state index contributed by atoms with van der Waals surface area (Å²) < 4.78 is 5.32. The summed E-state index contributed by atoms with van der Waals surface area (Å²) in [5.74, 6) is 0. The molecule has 1 rings (SSSR count). The van der Waals surface area contributed by atoms with Crippen molar-refractivity contribution in [1.29, 1.82) is 0 Å². The van der Waals surface area contributed by atoms with E-state index in [0.29, 0.717) is 0 Å². The van der Waals surface area contributed by atoms with Gasteiger partial charge in [0.05, 0.1) is 0 Å². The van der Waals surface area contributed by atoms with Gasteiger partial charge in [0.2, 0.25) is 0 Å². The predicted molar refractivity (Wildman–Crippen MR) is 54.9 cm³/mol. The van der Waals surface area contributed by atoms with Crippen LogP contribution in [0.1, 0.15) is 11.8 Å². The summed E-state index contributed by atoms with van der Waals surface area (Å²) in [6.45, 7) is 0. The average Bonchev–Trinajstić information content (AvgIpc) is 2.09. The summed E-state index contributed by atoms with van der Waals surface area (Å²) in [5.41, 5.74) is 1.11. The normalized spacial score (nSPS) is 13.3. The lowest BCUT2D eigenvalue weighted by Crippen LogP contribution is -2.21. The summed E-state index contributed by atoms with van der Waals surface area (Å²) >= 11 is 5.78. The van der Waals surface area contributed by atoms with Crippen LogP contribution in [0.5, 0.6) is 0 Å². The molecule has 0 radical (unpaired) electrons. The summed E-state index contributed by atoms with van der Waals surface area (Å²) in [6, 6.07) is 7.67. The van der Waals surface area contributed by atoms with Gasteiger partial charge in [-0.05, 0) is 31.8 Å². The molecule has 0 aromatic heterocycles. The van der Waals surface area contributed by atoms with E-state index in [2.05, 4.69) is 0 Å². The van der Waals surface area contributed by atoms with Crippen LogP contribution in [0.4, 0.5) is 0 Å². The van der Waals surface area contributed by atoms with Crippen molar-refractivity contribution in [3.05, 3.63) is 34.9 Å². The molecule has 0 spiro atoms. The zero-order chi connectivity index (χ0) is 9.84. The highest BCUT2D eigenvalue weighted by Crippen LogP contribution is 2.20. The third kappa shape index (κ3) is 2.69. The van der Waals surface area contributed by atoms with Gasteiger partial charge in [0, 0.05) is 12.1 Å². The Bertz CT molecular complexity index is 258. The highest BCUT2D eigenvalue weighted by molar-refractivity contribution is 6.30. The fourth-order valence-corrected chi connectivity index (χ4v) is 1.40. The van der Waals surface area contributed by atoms with Crippen molar-refractivity contribution in [2.75, 3.05) is 21.2 Å². The molecule has 0 amide bonds. The molecule has 0 saturated carbocycles. The summed E-state index contributed by atoms with van der Waals surface area (Å²) in [4.78, 5) is 2.00. The molecular weight excluding hydrogens is 186 g/mol. The number of benzene rings is 1. The van der Waals surface area contributed by atoms with Crippen molar-refractivity contribution in [3.8, 4) is 0 Å². The quantitative estimate of drug-likeness (QED) is 0.694. The molecule has 0 N–H and O–H groups in total. The first kappa shape index (κ1) is 10.5. The number of hydrogen-bond donors (Lipinski definition) is 0. The number of rotatable bonds is 3. The van der Waals surface area contributed by atoms with Gasteiger partial charge in [-0.3, -0.25) is 4.90 Å². The third-order valence-corrected chi connectivity index (χ3v) is 2.10. The van der Waals surface area contributed by atoms with E-state index in [1.54, 1.807) is 7.11 Å². The maximum atomic E-state index is 5.78. The highest BCUT2D eigenvalue weighted by Gasteiger charge is 2.11. The largest absolute Gasteiger partial charge is 0.362 e. The van der Waals surface area contributed by atoms with Crippen molar-refractivity contribution in [2.45, 2.75) is 6.23 Å². The van der Waals surface area contributed by atoms with Crippen molar-refractivity contribution in [3.63, 3.8) is 0 Å². The second-order valence-electron chi connectivity index (χ2n) is 3.10. The van der Waals surface area contributed by atoms with Gasteiger partial charge in [-0.1, -0.05) is 23.7 Å². The van der Waals surface area contributed by atoms with Gasteiger partial charge >= 0.3 is 0 Å². The van der Waals surface area contributed by atoms with Gasteiger partial charge < -0.3 is 4.74 Å². The molecule has 72 valence electrons. The Labute approximate surface area is 84.1 Å². The Kier molecular flexibility index (Phi) is 3.72. The maximum Gasteiger partial charge on any atom is 0.135 e. The molecule has 0 aliphatic rings. The van der Waals surface area contributed by atoms with E-state index < -0.39 is 0 Å². The average molecular weight is 200 g/mol. The zero-order valence-corrected chi connectivity index (χ0v) is 8.88. The molecule has 0 aliphatic carbocycles.